The second-order valence-corrected chi connectivity index (χ2v) is 10.8. The Hall–Kier alpha value is -2.86. The molecule has 1 atom stereocenters. The lowest BCUT2D eigenvalue weighted by atomic mass is 10.2. The van der Waals surface area contributed by atoms with Gasteiger partial charge < -0.3 is 0 Å². The molecule has 0 saturated carbocycles. The van der Waals surface area contributed by atoms with Gasteiger partial charge in [-0.25, -0.2) is 13.4 Å². The fraction of sp³-hybridized carbons (Fsp3) is 0.391. The highest BCUT2D eigenvalue weighted by Gasteiger charge is 2.33. The van der Waals surface area contributed by atoms with E-state index in [1.807, 2.05) is 32.0 Å². The number of halogens is 1. The van der Waals surface area contributed by atoms with Crippen molar-refractivity contribution in [2.45, 2.75) is 37.8 Å². The van der Waals surface area contributed by atoms with Crippen LogP contribution in [0, 0.1) is 10.1 Å². The quantitative estimate of drug-likeness (QED) is 0.346. The molecule has 12 heteroatoms. The summed E-state index contributed by atoms with van der Waals surface area (Å²) in [5, 5.41) is 11.6. The molecular weight excluding hydrogens is 494 g/mol. The maximum absolute atomic E-state index is 13.1. The summed E-state index contributed by atoms with van der Waals surface area (Å²) in [4.78, 5) is 30.3. The smallest absolute Gasteiger partial charge is 0.289 e. The lowest BCUT2D eigenvalue weighted by Crippen LogP contribution is -2.49. The van der Waals surface area contributed by atoms with Crippen molar-refractivity contribution in [2.75, 3.05) is 26.2 Å². The normalized spacial score (nSPS) is 16.4. The van der Waals surface area contributed by atoms with Gasteiger partial charge in [-0.2, -0.15) is 4.31 Å². The van der Waals surface area contributed by atoms with Crippen molar-refractivity contribution in [3.8, 4) is 0 Å². The summed E-state index contributed by atoms with van der Waals surface area (Å²) in [6.45, 7) is 5.76. The molecule has 186 valence electrons. The first-order valence-corrected chi connectivity index (χ1v) is 13.1. The molecule has 1 unspecified atom stereocenters. The number of benzene rings is 2. The lowest BCUT2D eigenvalue weighted by Gasteiger charge is -2.37. The largest absolute Gasteiger partial charge is 0.295 e. The molecule has 2 heterocycles. The van der Waals surface area contributed by atoms with Gasteiger partial charge in [-0.3, -0.25) is 24.4 Å². The second kappa shape index (κ2) is 10.0. The maximum atomic E-state index is 13.1. The average Bonchev–Trinajstić information content (AvgIpc) is 2.85. The number of nitro benzene ring substituents is 1. The molecule has 1 aliphatic heterocycles. The van der Waals surface area contributed by atoms with E-state index < -0.39 is 20.6 Å². The van der Waals surface area contributed by atoms with E-state index in [4.69, 9.17) is 16.6 Å². The number of aromatic nitrogens is 2. The number of hydrogen-bond donors (Lipinski definition) is 0. The molecule has 0 bridgehead atoms. The number of piperazine rings is 1. The van der Waals surface area contributed by atoms with Crippen molar-refractivity contribution < 1.29 is 13.3 Å². The van der Waals surface area contributed by atoms with Gasteiger partial charge in [0.15, 0.2) is 0 Å². The molecule has 35 heavy (non-hydrogen) atoms. The standard InChI is InChI=1S/C23H26ClN5O5S/c1-3-10-28-22(25-20-7-5-4-6-18(20)23(28)30)16(2)26-11-13-27(14-12-26)35(33,34)17-8-9-19(24)21(15-17)29(31)32/h4-9,15-16H,3,10-14H2,1-2H3. The Bertz CT molecular complexity index is 1430. The topological polar surface area (TPSA) is 119 Å². The zero-order valence-corrected chi connectivity index (χ0v) is 21.0. The van der Waals surface area contributed by atoms with Gasteiger partial charge in [-0.05, 0) is 37.6 Å². The van der Waals surface area contributed by atoms with E-state index in [1.54, 1.807) is 10.6 Å². The molecule has 4 rings (SSSR count). The third-order valence-electron chi connectivity index (χ3n) is 6.29. The predicted octanol–water partition coefficient (Wildman–Crippen LogP) is 3.44. The second-order valence-electron chi connectivity index (χ2n) is 8.43. The first-order chi connectivity index (χ1) is 16.6. The number of hydrogen-bond acceptors (Lipinski definition) is 7. The summed E-state index contributed by atoms with van der Waals surface area (Å²) in [7, 11) is -3.93. The van der Waals surface area contributed by atoms with Crippen LogP contribution in [0.15, 0.2) is 52.2 Å². The molecule has 3 aromatic rings. The van der Waals surface area contributed by atoms with Crippen LogP contribution in [0.3, 0.4) is 0 Å². The van der Waals surface area contributed by atoms with E-state index in [9.17, 15) is 23.3 Å². The van der Waals surface area contributed by atoms with Crippen molar-refractivity contribution in [1.29, 1.82) is 0 Å². The lowest BCUT2D eigenvalue weighted by molar-refractivity contribution is -0.384. The molecule has 1 aliphatic rings. The van der Waals surface area contributed by atoms with E-state index in [0.717, 1.165) is 12.5 Å². The fourth-order valence-electron chi connectivity index (χ4n) is 4.38. The number of fused-ring (bicyclic) bond motifs is 1. The Balaban J connectivity index is 1.57. The van der Waals surface area contributed by atoms with Gasteiger partial charge >= 0.3 is 0 Å². The zero-order valence-electron chi connectivity index (χ0n) is 19.4. The van der Waals surface area contributed by atoms with Crippen molar-refractivity contribution in [2.24, 2.45) is 0 Å². The highest BCUT2D eigenvalue weighted by molar-refractivity contribution is 7.89. The minimum absolute atomic E-state index is 0.0788. The number of nitro groups is 1. The monoisotopic (exact) mass is 519 g/mol. The molecule has 2 aromatic carbocycles. The van der Waals surface area contributed by atoms with Crippen LogP contribution in [-0.2, 0) is 16.6 Å². The van der Waals surface area contributed by atoms with Gasteiger partial charge in [0.1, 0.15) is 10.8 Å². The molecule has 0 N–H and O–H groups in total. The van der Waals surface area contributed by atoms with E-state index in [2.05, 4.69) is 4.90 Å². The summed E-state index contributed by atoms with van der Waals surface area (Å²) in [5.74, 6) is 0.653. The summed E-state index contributed by atoms with van der Waals surface area (Å²) in [6.07, 6.45) is 0.777. The van der Waals surface area contributed by atoms with Crippen LogP contribution in [-0.4, -0.2) is 58.3 Å². The third-order valence-corrected chi connectivity index (χ3v) is 8.50. The van der Waals surface area contributed by atoms with E-state index in [0.29, 0.717) is 36.4 Å². The maximum Gasteiger partial charge on any atom is 0.289 e. The first kappa shape index (κ1) is 25.2. The van der Waals surface area contributed by atoms with Gasteiger partial charge in [0, 0.05) is 38.8 Å². The zero-order chi connectivity index (χ0) is 25.3. The Labute approximate surface area is 207 Å². The van der Waals surface area contributed by atoms with Gasteiger partial charge in [0.2, 0.25) is 10.0 Å². The van der Waals surface area contributed by atoms with Crippen LogP contribution >= 0.6 is 11.6 Å². The Morgan fingerprint density at radius 2 is 1.83 bits per heavy atom. The van der Waals surface area contributed by atoms with E-state index >= 15 is 0 Å². The molecule has 1 aromatic heterocycles. The van der Waals surface area contributed by atoms with Gasteiger partial charge in [0.25, 0.3) is 11.2 Å². The summed E-state index contributed by atoms with van der Waals surface area (Å²) >= 11 is 5.83. The molecule has 0 aliphatic carbocycles. The van der Waals surface area contributed by atoms with Crippen LogP contribution in [0.1, 0.15) is 32.1 Å². The van der Waals surface area contributed by atoms with Gasteiger partial charge in [-0.1, -0.05) is 30.7 Å². The molecule has 0 spiro atoms. The van der Waals surface area contributed by atoms with Gasteiger partial charge in [-0.15, -0.1) is 0 Å². The highest BCUT2D eigenvalue weighted by Crippen LogP contribution is 2.30. The molecule has 0 amide bonds. The van der Waals surface area contributed by atoms with Crippen LogP contribution in [0.5, 0.6) is 0 Å². The van der Waals surface area contributed by atoms with Gasteiger partial charge in [0.05, 0.1) is 26.8 Å². The van der Waals surface area contributed by atoms with Crippen molar-refractivity contribution in [3.63, 3.8) is 0 Å². The van der Waals surface area contributed by atoms with Crippen molar-refractivity contribution in [3.05, 3.63) is 73.8 Å². The number of nitrogens with zero attached hydrogens (tertiary/aromatic N) is 5. The highest BCUT2D eigenvalue weighted by atomic mass is 35.5. The molecule has 0 radical (unpaired) electrons. The van der Waals surface area contributed by atoms with Crippen LogP contribution in [0.25, 0.3) is 10.9 Å². The summed E-state index contributed by atoms with van der Waals surface area (Å²) < 4.78 is 29.3. The molecule has 1 fully saturated rings. The van der Waals surface area contributed by atoms with Crippen molar-refractivity contribution in [1.82, 2.24) is 18.8 Å². The fourth-order valence-corrected chi connectivity index (χ4v) is 6.01. The number of sulfonamides is 1. The molecule has 10 nitrogen and oxygen atoms in total. The first-order valence-electron chi connectivity index (χ1n) is 11.3. The van der Waals surface area contributed by atoms with Crippen LogP contribution in [0.2, 0.25) is 5.02 Å². The Morgan fingerprint density at radius 1 is 1.14 bits per heavy atom. The third kappa shape index (κ3) is 4.81. The average molecular weight is 520 g/mol. The Kier molecular flexibility index (Phi) is 7.22. The van der Waals surface area contributed by atoms with Crippen molar-refractivity contribution >= 4 is 38.2 Å². The summed E-state index contributed by atoms with van der Waals surface area (Å²) in [6, 6.07) is 10.5. The summed E-state index contributed by atoms with van der Waals surface area (Å²) in [5.41, 5.74) is 0.110. The Morgan fingerprint density at radius 3 is 2.49 bits per heavy atom. The van der Waals surface area contributed by atoms with E-state index in [-0.39, 0.29) is 34.6 Å². The molecular formula is C23H26ClN5O5S. The van der Waals surface area contributed by atoms with E-state index in [1.165, 1.54) is 16.4 Å². The number of para-hydroxylation sites is 1. The minimum atomic E-state index is -3.93. The molecule has 1 saturated heterocycles. The van der Waals surface area contributed by atoms with Crippen LogP contribution < -0.4 is 5.56 Å². The predicted molar refractivity (Wildman–Crippen MR) is 133 cm³/mol. The van der Waals surface area contributed by atoms with Crippen LogP contribution in [0.4, 0.5) is 5.69 Å². The SMILES string of the molecule is CCCn1c(C(C)N2CCN(S(=O)(=O)c3ccc(Cl)c([N+](=O)[O-])c3)CC2)nc2ccccc2c1=O. The number of rotatable bonds is 7. The minimum Gasteiger partial charge on any atom is -0.295 e.